The molecule has 1 saturated heterocycles. The fraction of sp³-hybridized carbons (Fsp3) is 0.462. The van der Waals surface area contributed by atoms with E-state index in [1.807, 2.05) is 18.2 Å². The van der Waals surface area contributed by atoms with Crippen LogP contribution < -0.4 is 0 Å². The average Bonchev–Trinajstić information content (AvgIpc) is 2.52. The van der Waals surface area contributed by atoms with E-state index in [2.05, 4.69) is 12.1 Å². The van der Waals surface area contributed by atoms with Gasteiger partial charge in [-0.3, -0.25) is 4.79 Å². The summed E-state index contributed by atoms with van der Waals surface area (Å²) in [5.41, 5.74) is 0.821. The molecule has 1 saturated carbocycles. The minimum absolute atomic E-state index is 0.00352. The summed E-state index contributed by atoms with van der Waals surface area (Å²) in [7, 11) is 0. The predicted molar refractivity (Wildman–Crippen MR) is 56.5 cm³/mol. The summed E-state index contributed by atoms with van der Waals surface area (Å²) < 4.78 is 5.40. The second-order valence-corrected chi connectivity index (χ2v) is 4.57. The molecule has 78 valence electrons. The molecule has 0 N–H and O–H groups in total. The minimum Gasteiger partial charge on any atom is -0.462 e. The van der Waals surface area contributed by atoms with Gasteiger partial charge in [-0.15, -0.1) is 0 Å². The monoisotopic (exact) mass is 202 g/mol. The van der Waals surface area contributed by atoms with Crippen LogP contribution in [0.5, 0.6) is 0 Å². The van der Waals surface area contributed by atoms with Gasteiger partial charge in [-0.25, -0.2) is 0 Å². The van der Waals surface area contributed by atoms with Crippen LogP contribution in [0.3, 0.4) is 0 Å². The molecular weight excluding hydrogens is 188 g/mol. The van der Waals surface area contributed by atoms with Crippen LogP contribution >= 0.6 is 0 Å². The molecule has 1 aliphatic carbocycles. The van der Waals surface area contributed by atoms with Gasteiger partial charge in [0, 0.05) is 6.42 Å². The Balaban J connectivity index is 2.06. The summed E-state index contributed by atoms with van der Waals surface area (Å²) in [5.74, 6) is -0.00352. The van der Waals surface area contributed by atoms with Crippen LogP contribution in [0.4, 0.5) is 0 Å². The Labute approximate surface area is 89.2 Å². The maximum atomic E-state index is 12.0. The van der Waals surface area contributed by atoms with Gasteiger partial charge in [0.15, 0.2) is 0 Å². The van der Waals surface area contributed by atoms with Crippen LogP contribution in [0.2, 0.25) is 0 Å². The van der Waals surface area contributed by atoms with Crippen molar-refractivity contribution in [3.63, 3.8) is 0 Å². The fourth-order valence-corrected chi connectivity index (χ4v) is 2.91. The van der Waals surface area contributed by atoms with Crippen LogP contribution in [0.25, 0.3) is 0 Å². The first-order chi connectivity index (χ1) is 7.31. The van der Waals surface area contributed by atoms with E-state index in [0.29, 0.717) is 0 Å². The first-order valence-corrected chi connectivity index (χ1v) is 5.58. The molecular formula is C13H14O2. The van der Waals surface area contributed by atoms with Crippen molar-refractivity contribution in [3.8, 4) is 0 Å². The zero-order valence-electron chi connectivity index (χ0n) is 8.61. The van der Waals surface area contributed by atoms with Crippen molar-refractivity contribution < 1.29 is 9.53 Å². The van der Waals surface area contributed by atoms with Crippen molar-refractivity contribution >= 4 is 5.97 Å². The molecule has 2 unspecified atom stereocenters. The maximum Gasteiger partial charge on any atom is 0.316 e. The lowest BCUT2D eigenvalue weighted by molar-refractivity contribution is -0.144. The Bertz CT molecular complexity index is 385. The summed E-state index contributed by atoms with van der Waals surface area (Å²) in [6, 6.07) is 10.1. The van der Waals surface area contributed by atoms with Gasteiger partial charge in [0.05, 0.1) is 5.41 Å². The number of esters is 1. The number of carbonyl (C=O) groups is 1. The van der Waals surface area contributed by atoms with Crippen molar-refractivity contribution in [2.45, 2.75) is 37.2 Å². The molecule has 0 amide bonds. The maximum absolute atomic E-state index is 12.0. The van der Waals surface area contributed by atoms with Gasteiger partial charge in [0.2, 0.25) is 0 Å². The smallest absolute Gasteiger partial charge is 0.316 e. The first kappa shape index (κ1) is 8.96. The van der Waals surface area contributed by atoms with Crippen LogP contribution in [-0.2, 0) is 14.9 Å². The van der Waals surface area contributed by atoms with E-state index in [4.69, 9.17) is 4.74 Å². The van der Waals surface area contributed by atoms with Gasteiger partial charge in [0.1, 0.15) is 6.10 Å². The summed E-state index contributed by atoms with van der Waals surface area (Å²) in [6.07, 6.45) is 4.15. The number of hydrogen-bond acceptors (Lipinski definition) is 2. The number of ether oxygens (including phenoxy) is 1. The normalized spacial score (nSPS) is 33.9. The fourth-order valence-electron chi connectivity index (χ4n) is 2.91. The van der Waals surface area contributed by atoms with Crippen LogP contribution in [0.15, 0.2) is 30.3 Å². The standard InChI is InChI=1S/C13H14O2/c14-12-13(10-5-2-1-3-6-10)8-4-7-11(9-13)15-12/h1-3,5-6,11H,4,7-9H2. The second kappa shape index (κ2) is 3.09. The lowest BCUT2D eigenvalue weighted by atomic mass is 9.70. The summed E-state index contributed by atoms with van der Waals surface area (Å²) in [5, 5.41) is 0. The molecule has 1 aromatic carbocycles. The van der Waals surface area contributed by atoms with Crippen LogP contribution in [-0.4, -0.2) is 12.1 Å². The molecule has 2 atom stereocenters. The molecule has 3 rings (SSSR count). The first-order valence-electron chi connectivity index (χ1n) is 5.58. The highest BCUT2D eigenvalue weighted by Gasteiger charge is 2.52. The highest BCUT2D eigenvalue weighted by molar-refractivity contribution is 5.85. The lowest BCUT2D eigenvalue weighted by Crippen LogP contribution is -2.33. The number of rotatable bonds is 1. The van der Waals surface area contributed by atoms with Crippen molar-refractivity contribution in [2.24, 2.45) is 0 Å². The highest BCUT2D eigenvalue weighted by Crippen LogP contribution is 2.46. The lowest BCUT2D eigenvalue weighted by Gasteiger charge is -2.28. The van der Waals surface area contributed by atoms with E-state index in [1.165, 1.54) is 0 Å². The number of hydrogen-bond donors (Lipinski definition) is 0. The number of benzene rings is 1. The Hall–Kier alpha value is -1.31. The highest BCUT2D eigenvalue weighted by atomic mass is 16.6. The van der Waals surface area contributed by atoms with Crippen molar-refractivity contribution in [3.05, 3.63) is 35.9 Å². The minimum atomic E-state index is -0.315. The van der Waals surface area contributed by atoms with Gasteiger partial charge in [-0.2, -0.15) is 0 Å². The molecule has 2 fully saturated rings. The SMILES string of the molecule is O=C1OC2CCCC1(c1ccccc1)C2. The Morgan fingerprint density at radius 2 is 2.07 bits per heavy atom. The van der Waals surface area contributed by atoms with E-state index in [0.717, 1.165) is 31.2 Å². The third-order valence-electron chi connectivity index (χ3n) is 3.70. The number of carbonyl (C=O) groups excluding carboxylic acids is 1. The van der Waals surface area contributed by atoms with Crippen molar-refractivity contribution in [1.29, 1.82) is 0 Å². The van der Waals surface area contributed by atoms with Gasteiger partial charge in [0.25, 0.3) is 0 Å². The van der Waals surface area contributed by atoms with E-state index in [-0.39, 0.29) is 17.5 Å². The molecule has 0 spiro atoms. The summed E-state index contributed by atoms with van der Waals surface area (Å²) in [6.45, 7) is 0. The van der Waals surface area contributed by atoms with Gasteiger partial charge in [-0.05, 0) is 24.8 Å². The molecule has 2 aliphatic rings. The van der Waals surface area contributed by atoms with Crippen molar-refractivity contribution in [2.75, 3.05) is 0 Å². The largest absolute Gasteiger partial charge is 0.462 e. The van der Waals surface area contributed by atoms with Crippen LogP contribution in [0.1, 0.15) is 31.2 Å². The molecule has 1 heterocycles. The second-order valence-electron chi connectivity index (χ2n) is 4.57. The predicted octanol–water partition coefficient (Wildman–Crippen LogP) is 2.42. The third kappa shape index (κ3) is 1.21. The topological polar surface area (TPSA) is 26.3 Å². The molecule has 1 aliphatic heterocycles. The molecule has 2 bridgehead atoms. The molecule has 15 heavy (non-hydrogen) atoms. The summed E-state index contributed by atoms with van der Waals surface area (Å²) >= 11 is 0. The molecule has 2 heteroatoms. The van der Waals surface area contributed by atoms with E-state index >= 15 is 0 Å². The zero-order valence-corrected chi connectivity index (χ0v) is 8.61. The quantitative estimate of drug-likeness (QED) is 0.654. The Kier molecular flexibility index (Phi) is 1.84. The van der Waals surface area contributed by atoms with Gasteiger partial charge >= 0.3 is 5.97 Å². The average molecular weight is 202 g/mol. The van der Waals surface area contributed by atoms with E-state index in [9.17, 15) is 4.79 Å². The zero-order chi connectivity index (χ0) is 10.3. The Morgan fingerprint density at radius 3 is 2.87 bits per heavy atom. The van der Waals surface area contributed by atoms with E-state index < -0.39 is 0 Å². The van der Waals surface area contributed by atoms with Gasteiger partial charge < -0.3 is 4.74 Å². The van der Waals surface area contributed by atoms with Crippen LogP contribution in [0, 0.1) is 0 Å². The molecule has 0 aromatic heterocycles. The molecule has 2 nitrogen and oxygen atoms in total. The Morgan fingerprint density at radius 1 is 1.27 bits per heavy atom. The van der Waals surface area contributed by atoms with Gasteiger partial charge in [-0.1, -0.05) is 30.3 Å². The summed E-state index contributed by atoms with van der Waals surface area (Å²) in [4.78, 5) is 12.0. The van der Waals surface area contributed by atoms with E-state index in [1.54, 1.807) is 0 Å². The third-order valence-corrected chi connectivity index (χ3v) is 3.70. The van der Waals surface area contributed by atoms with Crippen molar-refractivity contribution in [1.82, 2.24) is 0 Å². The number of fused-ring (bicyclic) bond motifs is 2. The molecule has 1 aromatic rings. The molecule has 0 radical (unpaired) electrons.